The van der Waals surface area contributed by atoms with E-state index in [2.05, 4.69) is 4.72 Å². The van der Waals surface area contributed by atoms with Gasteiger partial charge in [0.15, 0.2) is 0 Å². The molecule has 0 heterocycles. The zero-order valence-corrected chi connectivity index (χ0v) is 11.8. The first-order valence-corrected chi connectivity index (χ1v) is 7.32. The molecule has 0 aromatic heterocycles. The van der Waals surface area contributed by atoms with Crippen LogP contribution in [0.2, 0.25) is 5.02 Å². The standard InChI is InChI=1S/C11H17ClN2O3S/c1-7(2)10(6-15)14-18(16,17)11-5-8(12)3-4-9(11)13/h3-5,7,10,14-15H,6,13H2,1-2H3. The van der Waals surface area contributed by atoms with Crippen LogP contribution in [0, 0.1) is 5.92 Å². The lowest BCUT2D eigenvalue weighted by molar-refractivity contribution is 0.227. The van der Waals surface area contributed by atoms with Gasteiger partial charge in [-0.3, -0.25) is 0 Å². The Morgan fingerprint density at radius 1 is 1.44 bits per heavy atom. The highest BCUT2D eigenvalue weighted by Gasteiger charge is 2.23. The summed E-state index contributed by atoms with van der Waals surface area (Å²) in [6, 6.07) is 3.67. The third-order valence-corrected chi connectivity index (χ3v) is 4.35. The summed E-state index contributed by atoms with van der Waals surface area (Å²) in [7, 11) is -3.79. The number of rotatable bonds is 5. The lowest BCUT2D eigenvalue weighted by Crippen LogP contribution is -2.41. The number of sulfonamides is 1. The van der Waals surface area contributed by atoms with Gasteiger partial charge in [0, 0.05) is 11.1 Å². The summed E-state index contributed by atoms with van der Waals surface area (Å²) in [5.74, 6) is -0.0369. The predicted molar refractivity (Wildman–Crippen MR) is 71.9 cm³/mol. The first-order valence-electron chi connectivity index (χ1n) is 5.46. The molecule has 1 aromatic rings. The van der Waals surface area contributed by atoms with E-state index in [0.717, 1.165) is 0 Å². The van der Waals surface area contributed by atoms with Crippen molar-refractivity contribution in [1.29, 1.82) is 0 Å². The molecule has 0 amide bonds. The van der Waals surface area contributed by atoms with E-state index in [1.165, 1.54) is 18.2 Å². The molecule has 1 rings (SSSR count). The van der Waals surface area contributed by atoms with Crippen molar-refractivity contribution in [1.82, 2.24) is 4.72 Å². The zero-order valence-electron chi connectivity index (χ0n) is 10.2. The topological polar surface area (TPSA) is 92.4 Å². The number of aliphatic hydroxyl groups is 1. The van der Waals surface area contributed by atoms with Gasteiger partial charge in [0.25, 0.3) is 0 Å². The van der Waals surface area contributed by atoms with Gasteiger partial charge in [0.1, 0.15) is 4.90 Å². The molecule has 18 heavy (non-hydrogen) atoms. The Morgan fingerprint density at radius 3 is 2.56 bits per heavy atom. The molecule has 0 aliphatic rings. The molecule has 0 bridgehead atoms. The Balaban J connectivity index is 3.10. The summed E-state index contributed by atoms with van der Waals surface area (Å²) >= 11 is 5.76. The Labute approximate surface area is 112 Å². The van der Waals surface area contributed by atoms with Crippen molar-refractivity contribution < 1.29 is 13.5 Å². The first-order chi connectivity index (χ1) is 8.27. The average Bonchev–Trinajstić information content (AvgIpc) is 2.28. The minimum atomic E-state index is -3.79. The van der Waals surface area contributed by atoms with Gasteiger partial charge in [0.2, 0.25) is 10.0 Å². The number of halogens is 1. The number of anilines is 1. The van der Waals surface area contributed by atoms with E-state index in [4.69, 9.17) is 22.4 Å². The molecule has 5 nitrogen and oxygen atoms in total. The van der Waals surface area contributed by atoms with Crippen LogP contribution in [-0.4, -0.2) is 26.2 Å². The summed E-state index contributed by atoms with van der Waals surface area (Å²) < 4.78 is 26.6. The quantitative estimate of drug-likeness (QED) is 0.712. The molecule has 0 aliphatic heterocycles. The molecule has 0 aliphatic carbocycles. The molecule has 0 saturated carbocycles. The van der Waals surface area contributed by atoms with E-state index in [-0.39, 0.29) is 28.1 Å². The van der Waals surface area contributed by atoms with E-state index < -0.39 is 16.1 Å². The van der Waals surface area contributed by atoms with Crippen molar-refractivity contribution >= 4 is 27.3 Å². The minimum Gasteiger partial charge on any atom is -0.398 e. The van der Waals surface area contributed by atoms with E-state index in [9.17, 15) is 8.42 Å². The molecular formula is C11H17ClN2O3S. The summed E-state index contributed by atoms with van der Waals surface area (Å²) in [5.41, 5.74) is 5.75. The Morgan fingerprint density at radius 2 is 2.06 bits per heavy atom. The molecule has 0 radical (unpaired) electrons. The van der Waals surface area contributed by atoms with Crippen molar-refractivity contribution in [2.45, 2.75) is 24.8 Å². The predicted octanol–water partition coefficient (Wildman–Crippen LogP) is 1.22. The van der Waals surface area contributed by atoms with Crippen molar-refractivity contribution in [3.05, 3.63) is 23.2 Å². The van der Waals surface area contributed by atoms with Crippen LogP contribution >= 0.6 is 11.6 Å². The van der Waals surface area contributed by atoms with Crippen LogP contribution < -0.4 is 10.5 Å². The van der Waals surface area contributed by atoms with Gasteiger partial charge in [-0.2, -0.15) is 0 Å². The lowest BCUT2D eigenvalue weighted by Gasteiger charge is -2.20. The van der Waals surface area contributed by atoms with Gasteiger partial charge in [-0.25, -0.2) is 13.1 Å². The summed E-state index contributed by atoms with van der Waals surface area (Å²) in [6.45, 7) is 3.34. The van der Waals surface area contributed by atoms with Crippen LogP contribution in [0.5, 0.6) is 0 Å². The number of nitrogens with two attached hydrogens (primary N) is 1. The fraction of sp³-hybridized carbons (Fsp3) is 0.455. The highest BCUT2D eigenvalue weighted by atomic mass is 35.5. The summed E-state index contributed by atoms with van der Waals surface area (Å²) in [4.78, 5) is -0.0749. The molecule has 1 unspecified atom stereocenters. The van der Waals surface area contributed by atoms with Crippen LogP contribution in [0.4, 0.5) is 5.69 Å². The maximum Gasteiger partial charge on any atom is 0.243 e. The Bertz CT molecular complexity index is 517. The normalized spacial score (nSPS) is 13.8. The molecule has 4 N–H and O–H groups in total. The molecule has 1 atom stereocenters. The van der Waals surface area contributed by atoms with E-state index in [0.29, 0.717) is 0 Å². The monoisotopic (exact) mass is 292 g/mol. The van der Waals surface area contributed by atoms with Crippen molar-refractivity contribution in [3.63, 3.8) is 0 Å². The summed E-state index contributed by atoms with van der Waals surface area (Å²) in [5, 5.41) is 9.43. The number of hydrogen-bond acceptors (Lipinski definition) is 4. The SMILES string of the molecule is CC(C)C(CO)NS(=O)(=O)c1cc(Cl)ccc1N. The van der Waals surface area contributed by atoms with Gasteiger partial charge < -0.3 is 10.8 Å². The summed E-state index contributed by atoms with van der Waals surface area (Å²) in [6.07, 6.45) is 0. The molecule has 0 fully saturated rings. The smallest absolute Gasteiger partial charge is 0.243 e. The van der Waals surface area contributed by atoms with Crippen LogP contribution in [-0.2, 0) is 10.0 Å². The third-order valence-electron chi connectivity index (χ3n) is 2.57. The van der Waals surface area contributed by atoms with Crippen LogP contribution in [0.1, 0.15) is 13.8 Å². The van der Waals surface area contributed by atoms with Gasteiger partial charge >= 0.3 is 0 Å². The molecule has 0 saturated heterocycles. The third kappa shape index (κ3) is 3.58. The fourth-order valence-electron chi connectivity index (χ4n) is 1.39. The van der Waals surface area contributed by atoms with E-state index in [1.54, 1.807) is 0 Å². The minimum absolute atomic E-state index is 0.0369. The van der Waals surface area contributed by atoms with Crippen molar-refractivity contribution in [2.75, 3.05) is 12.3 Å². The van der Waals surface area contributed by atoms with Gasteiger partial charge in [-0.1, -0.05) is 25.4 Å². The number of hydrogen-bond donors (Lipinski definition) is 3. The second-order valence-corrected chi connectivity index (χ2v) is 6.46. The number of nitrogen functional groups attached to an aromatic ring is 1. The lowest BCUT2D eigenvalue weighted by atomic mass is 10.1. The maximum atomic E-state index is 12.1. The number of benzene rings is 1. The van der Waals surface area contributed by atoms with E-state index in [1.807, 2.05) is 13.8 Å². The molecular weight excluding hydrogens is 276 g/mol. The average molecular weight is 293 g/mol. The highest BCUT2D eigenvalue weighted by Crippen LogP contribution is 2.23. The van der Waals surface area contributed by atoms with Crippen LogP contribution in [0.15, 0.2) is 23.1 Å². The van der Waals surface area contributed by atoms with Crippen LogP contribution in [0.3, 0.4) is 0 Å². The molecule has 7 heteroatoms. The first kappa shape index (κ1) is 15.2. The maximum absolute atomic E-state index is 12.1. The second-order valence-electron chi connectivity index (χ2n) is 4.34. The number of nitrogens with one attached hydrogen (secondary N) is 1. The molecule has 102 valence electrons. The van der Waals surface area contributed by atoms with Crippen molar-refractivity contribution in [2.24, 2.45) is 5.92 Å². The molecule has 0 spiro atoms. The van der Waals surface area contributed by atoms with Crippen molar-refractivity contribution in [3.8, 4) is 0 Å². The zero-order chi connectivity index (χ0) is 13.9. The van der Waals surface area contributed by atoms with Gasteiger partial charge in [-0.05, 0) is 24.1 Å². The highest BCUT2D eigenvalue weighted by molar-refractivity contribution is 7.89. The Kier molecular flexibility index (Phi) is 4.98. The van der Waals surface area contributed by atoms with Gasteiger partial charge in [-0.15, -0.1) is 0 Å². The van der Waals surface area contributed by atoms with Gasteiger partial charge in [0.05, 0.1) is 12.3 Å². The number of aliphatic hydroxyl groups excluding tert-OH is 1. The van der Waals surface area contributed by atoms with E-state index >= 15 is 0 Å². The second kappa shape index (κ2) is 5.88. The molecule has 1 aromatic carbocycles. The fourth-order valence-corrected chi connectivity index (χ4v) is 3.16. The van der Waals surface area contributed by atoms with Crippen LogP contribution in [0.25, 0.3) is 0 Å². The largest absolute Gasteiger partial charge is 0.398 e. The Hall–Kier alpha value is -0.820.